The van der Waals surface area contributed by atoms with Gasteiger partial charge in [0.2, 0.25) is 0 Å². The van der Waals surface area contributed by atoms with Gasteiger partial charge in [0.25, 0.3) is 0 Å². The maximum atomic E-state index is 10.6. The second-order valence-electron chi connectivity index (χ2n) is 8.13. The molecule has 1 fully saturated rings. The Morgan fingerprint density at radius 1 is 1.34 bits per heavy atom. The number of para-hydroxylation sites is 1. The summed E-state index contributed by atoms with van der Waals surface area (Å²) in [6.07, 6.45) is 6.32. The molecule has 29 heavy (non-hydrogen) atoms. The van der Waals surface area contributed by atoms with Crippen molar-refractivity contribution in [3.05, 3.63) is 41.5 Å². The zero-order chi connectivity index (χ0) is 21.4. The number of nitrogens with one attached hydrogen (secondary N) is 1. The first-order valence-corrected chi connectivity index (χ1v) is 10.8. The van der Waals surface area contributed by atoms with Crippen LogP contribution >= 0.6 is 0 Å². The van der Waals surface area contributed by atoms with E-state index in [1.807, 2.05) is 40.1 Å². The van der Waals surface area contributed by atoms with E-state index >= 15 is 0 Å². The van der Waals surface area contributed by atoms with Gasteiger partial charge in [-0.05, 0) is 38.9 Å². The molecule has 0 amide bonds. The maximum absolute atomic E-state index is 10.6. The van der Waals surface area contributed by atoms with Crippen LogP contribution in [0.4, 0.5) is 0 Å². The molecular formula is C25H37NO3. The van der Waals surface area contributed by atoms with E-state index in [2.05, 4.69) is 42.3 Å². The van der Waals surface area contributed by atoms with Crippen molar-refractivity contribution in [2.75, 3.05) is 14.1 Å². The Hall–Kier alpha value is -1.80. The van der Waals surface area contributed by atoms with Crippen molar-refractivity contribution >= 4 is 0 Å². The molecule has 0 radical (unpaired) electrons. The molecule has 0 unspecified atom stereocenters. The monoisotopic (exact) mass is 399 g/mol. The summed E-state index contributed by atoms with van der Waals surface area (Å²) in [5, 5.41) is 23.7. The number of aryl methyl sites for hydroxylation is 1. The van der Waals surface area contributed by atoms with Gasteiger partial charge in [-0.3, -0.25) is 0 Å². The highest BCUT2D eigenvalue weighted by Crippen LogP contribution is 2.52. The van der Waals surface area contributed by atoms with Gasteiger partial charge < -0.3 is 20.3 Å². The van der Waals surface area contributed by atoms with Crippen LogP contribution in [0.25, 0.3) is 0 Å². The van der Waals surface area contributed by atoms with Crippen molar-refractivity contribution in [2.45, 2.75) is 70.7 Å². The van der Waals surface area contributed by atoms with Crippen molar-refractivity contribution < 1.29 is 14.9 Å². The number of fused-ring (bicyclic) bond motifs is 3. The third-order valence-electron chi connectivity index (χ3n) is 5.72. The second-order valence-corrected chi connectivity index (χ2v) is 8.13. The number of aliphatic hydroxyl groups is 2. The number of aliphatic hydroxyl groups excluding tert-OH is 2. The van der Waals surface area contributed by atoms with Crippen LogP contribution < -0.4 is 10.1 Å². The zero-order valence-corrected chi connectivity index (χ0v) is 18.5. The Bertz CT molecular complexity index is 733. The fourth-order valence-corrected chi connectivity index (χ4v) is 4.25. The smallest absolute Gasteiger partial charge is 0.126 e. The van der Waals surface area contributed by atoms with Crippen molar-refractivity contribution in [1.82, 2.24) is 5.32 Å². The Morgan fingerprint density at radius 2 is 2.07 bits per heavy atom. The molecule has 1 aliphatic carbocycles. The van der Waals surface area contributed by atoms with Crippen LogP contribution in [0.15, 0.2) is 30.4 Å². The topological polar surface area (TPSA) is 61.7 Å². The maximum Gasteiger partial charge on any atom is 0.126 e. The number of hydrogen-bond donors (Lipinski definition) is 3. The van der Waals surface area contributed by atoms with E-state index in [9.17, 15) is 10.2 Å². The van der Waals surface area contributed by atoms with E-state index in [-0.39, 0.29) is 23.9 Å². The van der Waals surface area contributed by atoms with Gasteiger partial charge in [-0.15, -0.1) is 11.8 Å². The third-order valence-corrected chi connectivity index (χ3v) is 5.72. The van der Waals surface area contributed by atoms with Crippen LogP contribution in [-0.2, 0) is 6.42 Å². The fourth-order valence-electron chi connectivity index (χ4n) is 4.25. The van der Waals surface area contributed by atoms with Crippen molar-refractivity contribution in [3.8, 4) is 17.6 Å². The summed E-state index contributed by atoms with van der Waals surface area (Å²) in [6.45, 7) is 5.99. The molecule has 0 bridgehead atoms. The summed E-state index contributed by atoms with van der Waals surface area (Å²) >= 11 is 0. The molecule has 1 aromatic carbocycles. The summed E-state index contributed by atoms with van der Waals surface area (Å²) in [5.74, 6) is 7.16. The van der Waals surface area contributed by atoms with Crippen molar-refractivity contribution in [1.29, 1.82) is 0 Å². The van der Waals surface area contributed by atoms with Gasteiger partial charge in [-0.2, -0.15) is 0 Å². The number of rotatable bonds is 6. The van der Waals surface area contributed by atoms with Crippen LogP contribution in [0, 0.1) is 23.7 Å². The lowest BCUT2D eigenvalue weighted by molar-refractivity contribution is 0.134. The summed E-state index contributed by atoms with van der Waals surface area (Å²) < 4.78 is 6.25. The highest BCUT2D eigenvalue weighted by atomic mass is 16.5. The van der Waals surface area contributed by atoms with Crippen LogP contribution in [-0.4, -0.2) is 42.6 Å². The van der Waals surface area contributed by atoms with Gasteiger partial charge >= 0.3 is 0 Å². The van der Waals surface area contributed by atoms with E-state index in [1.54, 1.807) is 0 Å². The molecule has 1 saturated carbocycles. The molecule has 3 N–H and O–H groups in total. The molecule has 4 nitrogen and oxygen atoms in total. The molecule has 6 atom stereocenters. The molecular weight excluding hydrogens is 362 g/mol. The highest BCUT2D eigenvalue weighted by Gasteiger charge is 2.48. The van der Waals surface area contributed by atoms with E-state index < -0.39 is 12.2 Å². The minimum atomic E-state index is -0.546. The summed E-state index contributed by atoms with van der Waals surface area (Å²) in [6, 6.07) is 6.38. The van der Waals surface area contributed by atoms with Crippen LogP contribution in [0.5, 0.6) is 5.75 Å². The van der Waals surface area contributed by atoms with Crippen LogP contribution in [0.1, 0.15) is 57.1 Å². The van der Waals surface area contributed by atoms with E-state index in [0.29, 0.717) is 12.8 Å². The SMILES string of the molecule is CC#CC[C@H](C)[C@H](O)C=C[C@@H]1[C@H]2c3cccc(CCC)c3O[C@H]2C[C@H]1O.CNC. The number of benzene rings is 1. The normalized spacial score (nSPS) is 26.4. The molecule has 2 aliphatic rings. The minimum Gasteiger partial charge on any atom is -0.489 e. The van der Waals surface area contributed by atoms with Gasteiger partial charge in [0.15, 0.2) is 0 Å². The molecule has 1 aliphatic heterocycles. The first kappa shape index (κ1) is 23.5. The summed E-state index contributed by atoms with van der Waals surface area (Å²) in [4.78, 5) is 0. The first-order chi connectivity index (χ1) is 14.0. The summed E-state index contributed by atoms with van der Waals surface area (Å²) in [7, 11) is 3.75. The Morgan fingerprint density at radius 3 is 2.72 bits per heavy atom. The Balaban J connectivity index is 0.000000941. The second kappa shape index (κ2) is 11.4. The lowest BCUT2D eigenvalue weighted by Crippen LogP contribution is -2.19. The van der Waals surface area contributed by atoms with Gasteiger partial charge in [-0.25, -0.2) is 0 Å². The fraction of sp³-hybridized carbons (Fsp3) is 0.600. The van der Waals surface area contributed by atoms with E-state index in [4.69, 9.17) is 4.74 Å². The average molecular weight is 400 g/mol. The lowest BCUT2D eigenvalue weighted by Gasteiger charge is -2.19. The Labute approximate surface area is 176 Å². The van der Waals surface area contributed by atoms with Gasteiger partial charge in [0.05, 0.1) is 12.2 Å². The van der Waals surface area contributed by atoms with Crippen LogP contribution in [0.3, 0.4) is 0 Å². The largest absolute Gasteiger partial charge is 0.489 e. The predicted molar refractivity (Wildman–Crippen MR) is 119 cm³/mol. The lowest BCUT2D eigenvalue weighted by atomic mass is 9.86. The van der Waals surface area contributed by atoms with Gasteiger partial charge in [0, 0.05) is 30.2 Å². The van der Waals surface area contributed by atoms with Gasteiger partial charge in [0.1, 0.15) is 11.9 Å². The first-order valence-electron chi connectivity index (χ1n) is 10.8. The van der Waals surface area contributed by atoms with Crippen LogP contribution in [0.2, 0.25) is 0 Å². The highest BCUT2D eigenvalue weighted by molar-refractivity contribution is 5.49. The zero-order valence-electron chi connectivity index (χ0n) is 18.5. The molecule has 4 heteroatoms. The third kappa shape index (κ3) is 5.63. The number of hydrogen-bond acceptors (Lipinski definition) is 4. The standard InChI is InChI=1S/C23H30O3.C2H7N/c1-4-6-9-15(3)19(24)13-12-17-20(25)14-21-22(17)18-11-7-10-16(8-5-2)23(18)26-21;1-3-2/h7,10-13,15,17,19-22,24-25H,5,8-9,14H2,1-3H3;3H,1-2H3/t15-,17-,19+,20+,21-,22-;/m0./s1. The molecule has 160 valence electrons. The van der Waals surface area contributed by atoms with E-state index in [1.165, 1.54) is 11.1 Å². The molecule has 0 aromatic heterocycles. The molecule has 0 spiro atoms. The predicted octanol–water partition coefficient (Wildman–Crippen LogP) is 3.67. The van der Waals surface area contributed by atoms with Gasteiger partial charge in [-0.1, -0.05) is 50.6 Å². The molecule has 1 heterocycles. The Kier molecular flexibility index (Phi) is 9.23. The summed E-state index contributed by atoms with van der Waals surface area (Å²) in [5.41, 5.74) is 2.48. The molecule has 3 rings (SSSR count). The van der Waals surface area contributed by atoms with E-state index in [0.717, 1.165) is 18.6 Å². The average Bonchev–Trinajstić information content (AvgIpc) is 3.20. The quantitative estimate of drug-likeness (QED) is 0.505. The van der Waals surface area contributed by atoms with Crippen molar-refractivity contribution in [2.24, 2.45) is 11.8 Å². The molecule has 1 aromatic rings. The minimum absolute atomic E-state index is 0.0164. The van der Waals surface area contributed by atoms with Crippen molar-refractivity contribution in [3.63, 3.8) is 0 Å². The number of ether oxygens (including phenoxy) is 1. The molecule has 0 saturated heterocycles.